The van der Waals surface area contributed by atoms with Gasteiger partial charge in [0.1, 0.15) is 0 Å². The van der Waals surface area contributed by atoms with Crippen molar-refractivity contribution >= 4 is 5.91 Å². The molecule has 4 aliphatic rings. The van der Waals surface area contributed by atoms with E-state index in [0.717, 1.165) is 62.5 Å². The molecule has 0 aliphatic heterocycles. The zero-order valence-corrected chi connectivity index (χ0v) is 18.9. The predicted molar refractivity (Wildman–Crippen MR) is 120 cm³/mol. The van der Waals surface area contributed by atoms with Gasteiger partial charge in [-0.3, -0.25) is 4.79 Å². The largest absolute Gasteiger partial charge is 0.386 e. The van der Waals surface area contributed by atoms with E-state index in [0.29, 0.717) is 11.8 Å². The monoisotopic (exact) mass is 407 g/mol. The Labute approximate surface area is 181 Å². The Bertz CT molecular complexity index is 891. The zero-order chi connectivity index (χ0) is 21.4. The number of benzene rings is 1. The van der Waals surface area contributed by atoms with E-state index in [-0.39, 0.29) is 22.3 Å². The molecule has 4 saturated carbocycles. The van der Waals surface area contributed by atoms with E-state index < -0.39 is 5.60 Å². The first kappa shape index (κ1) is 20.3. The lowest BCUT2D eigenvalue weighted by atomic mass is 9.42. The Morgan fingerprint density at radius 3 is 2.50 bits per heavy atom. The summed E-state index contributed by atoms with van der Waals surface area (Å²) in [5.74, 6) is 1.18. The van der Waals surface area contributed by atoms with Gasteiger partial charge in [-0.1, -0.05) is 37.6 Å². The molecule has 5 rings (SSSR count). The van der Waals surface area contributed by atoms with Crippen LogP contribution >= 0.6 is 0 Å². The molecule has 0 radical (unpaired) electrons. The third-order valence-electron chi connectivity index (χ3n) is 9.87. The average molecular weight is 408 g/mol. The second-order valence-corrected chi connectivity index (χ2v) is 11.6. The lowest BCUT2D eigenvalue weighted by molar-refractivity contribution is -0.148. The van der Waals surface area contributed by atoms with Crippen molar-refractivity contribution < 1.29 is 9.90 Å². The molecular weight excluding hydrogens is 370 g/mol. The van der Waals surface area contributed by atoms with Crippen LogP contribution in [0, 0.1) is 29.6 Å². The molecule has 3 nitrogen and oxygen atoms in total. The van der Waals surface area contributed by atoms with Crippen LogP contribution in [0.25, 0.3) is 0 Å². The molecule has 0 unspecified atom stereocenters. The maximum atomic E-state index is 13.1. The van der Waals surface area contributed by atoms with Gasteiger partial charge in [-0.05, 0) is 106 Å². The summed E-state index contributed by atoms with van der Waals surface area (Å²) >= 11 is 0. The first-order valence-corrected chi connectivity index (χ1v) is 11.9. The maximum Gasteiger partial charge on any atom is 0.251 e. The highest BCUT2D eigenvalue weighted by Gasteiger charge is 2.66. The number of amides is 1. The summed E-state index contributed by atoms with van der Waals surface area (Å²) in [5, 5.41) is 14.6. The fourth-order valence-corrected chi connectivity index (χ4v) is 8.54. The smallest absolute Gasteiger partial charge is 0.251 e. The van der Waals surface area contributed by atoms with Crippen molar-refractivity contribution in [3.05, 3.63) is 47.5 Å². The van der Waals surface area contributed by atoms with Crippen molar-refractivity contribution in [1.82, 2.24) is 5.32 Å². The Hall–Kier alpha value is -1.61. The summed E-state index contributed by atoms with van der Waals surface area (Å²) < 4.78 is 0. The SMILES string of the molecule is C=C1C[C@@]23CC[C@H]4[C@@](C)(CCC[C@@]4(C)NC(=O)c4ccc(C)cc4)[C@@H]2CC[C@]1(O)C3. The van der Waals surface area contributed by atoms with Crippen LogP contribution < -0.4 is 5.32 Å². The number of fused-ring (bicyclic) bond motifs is 3. The normalized spacial score (nSPS) is 44.9. The molecule has 3 heteroatoms. The molecule has 1 aromatic rings. The van der Waals surface area contributed by atoms with Gasteiger partial charge in [0.25, 0.3) is 5.91 Å². The highest BCUT2D eigenvalue weighted by molar-refractivity contribution is 5.94. The molecular formula is C27H37NO2. The molecule has 2 N–H and O–H groups in total. The van der Waals surface area contributed by atoms with Crippen molar-refractivity contribution in [3.63, 3.8) is 0 Å². The standard InChI is InChI=1S/C27H37NO2/c1-18-6-8-20(9-7-18)23(29)28-25(4)13-5-12-24(3)21(25)10-14-26-16-19(2)27(30,17-26)15-11-22(24)26/h6-9,21-22,30H,2,5,10-17H2,1,3-4H3,(H,28,29)/t21-,22-,24+,25+,26+,27-/m0/s1. The first-order chi connectivity index (χ1) is 14.1. The molecule has 1 spiro atoms. The first-order valence-electron chi connectivity index (χ1n) is 11.9. The van der Waals surface area contributed by atoms with Crippen LogP contribution in [0.3, 0.4) is 0 Å². The number of nitrogens with one attached hydrogen (secondary N) is 1. The van der Waals surface area contributed by atoms with Gasteiger partial charge in [0, 0.05) is 11.1 Å². The molecule has 4 aliphatic carbocycles. The van der Waals surface area contributed by atoms with Gasteiger partial charge in [0.05, 0.1) is 5.60 Å². The van der Waals surface area contributed by atoms with Gasteiger partial charge in [0.2, 0.25) is 0 Å². The molecule has 162 valence electrons. The van der Waals surface area contributed by atoms with Crippen LogP contribution in [0.5, 0.6) is 0 Å². The minimum atomic E-state index is -0.614. The summed E-state index contributed by atoms with van der Waals surface area (Å²) in [5.41, 5.74) is 2.69. The van der Waals surface area contributed by atoms with Crippen LogP contribution in [0.2, 0.25) is 0 Å². The van der Waals surface area contributed by atoms with Gasteiger partial charge in [-0.15, -0.1) is 0 Å². The Morgan fingerprint density at radius 2 is 1.77 bits per heavy atom. The second-order valence-electron chi connectivity index (χ2n) is 11.6. The molecule has 0 saturated heterocycles. The van der Waals surface area contributed by atoms with Crippen molar-refractivity contribution in [2.45, 2.75) is 89.7 Å². The topological polar surface area (TPSA) is 49.3 Å². The Kier molecular flexibility index (Phi) is 4.36. The van der Waals surface area contributed by atoms with Crippen LogP contribution in [-0.2, 0) is 0 Å². The molecule has 0 heterocycles. The Balaban J connectivity index is 1.43. The summed E-state index contributed by atoms with van der Waals surface area (Å²) in [6.45, 7) is 11.1. The summed E-state index contributed by atoms with van der Waals surface area (Å²) in [6.07, 6.45) is 9.65. The highest BCUT2D eigenvalue weighted by atomic mass is 16.3. The maximum absolute atomic E-state index is 13.1. The average Bonchev–Trinajstić information content (AvgIpc) is 2.85. The van der Waals surface area contributed by atoms with Crippen LogP contribution in [0.4, 0.5) is 0 Å². The summed E-state index contributed by atoms with van der Waals surface area (Å²) in [7, 11) is 0. The van der Waals surface area contributed by atoms with Gasteiger partial charge in [-0.25, -0.2) is 0 Å². The molecule has 4 fully saturated rings. The van der Waals surface area contributed by atoms with Crippen molar-refractivity contribution in [1.29, 1.82) is 0 Å². The zero-order valence-electron chi connectivity index (χ0n) is 18.9. The molecule has 2 bridgehead atoms. The quantitative estimate of drug-likeness (QED) is 0.631. The molecule has 1 amide bonds. The highest BCUT2D eigenvalue weighted by Crippen LogP contribution is 2.71. The molecule has 0 aromatic heterocycles. The van der Waals surface area contributed by atoms with E-state index in [9.17, 15) is 9.90 Å². The van der Waals surface area contributed by atoms with E-state index in [2.05, 4.69) is 32.7 Å². The number of hydrogen-bond donors (Lipinski definition) is 2. The van der Waals surface area contributed by atoms with Gasteiger partial charge in [0.15, 0.2) is 0 Å². The number of rotatable bonds is 2. The molecule has 1 aromatic carbocycles. The Morgan fingerprint density at radius 1 is 1.07 bits per heavy atom. The summed E-state index contributed by atoms with van der Waals surface area (Å²) in [6, 6.07) is 7.92. The van der Waals surface area contributed by atoms with Gasteiger partial charge < -0.3 is 10.4 Å². The lowest BCUT2D eigenvalue weighted by Gasteiger charge is -2.64. The van der Waals surface area contributed by atoms with Crippen LogP contribution in [-0.4, -0.2) is 22.2 Å². The number of carbonyl (C=O) groups excluding carboxylic acids is 1. The lowest BCUT2D eigenvalue weighted by Crippen LogP contribution is -2.64. The minimum absolute atomic E-state index is 0.0642. The van der Waals surface area contributed by atoms with E-state index >= 15 is 0 Å². The van der Waals surface area contributed by atoms with E-state index in [1.54, 1.807) is 0 Å². The van der Waals surface area contributed by atoms with Gasteiger partial charge >= 0.3 is 0 Å². The number of carbonyl (C=O) groups is 1. The van der Waals surface area contributed by atoms with E-state index in [1.165, 1.54) is 12.0 Å². The van der Waals surface area contributed by atoms with Gasteiger partial charge in [-0.2, -0.15) is 0 Å². The molecule has 6 atom stereocenters. The van der Waals surface area contributed by atoms with Crippen LogP contribution in [0.15, 0.2) is 36.4 Å². The third kappa shape index (κ3) is 2.77. The van der Waals surface area contributed by atoms with E-state index in [1.807, 2.05) is 24.3 Å². The van der Waals surface area contributed by atoms with Crippen molar-refractivity contribution in [3.8, 4) is 0 Å². The van der Waals surface area contributed by atoms with Crippen molar-refractivity contribution in [2.24, 2.45) is 22.7 Å². The molecule has 30 heavy (non-hydrogen) atoms. The van der Waals surface area contributed by atoms with Crippen molar-refractivity contribution in [2.75, 3.05) is 0 Å². The fraction of sp³-hybridized carbons (Fsp3) is 0.667. The second kappa shape index (κ2) is 6.45. The number of aryl methyl sites for hydroxylation is 1. The third-order valence-corrected chi connectivity index (χ3v) is 9.87. The van der Waals surface area contributed by atoms with Crippen LogP contribution in [0.1, 0.15) is 87.6 Å². The minimum Gasteiger partial charge on any atom is -0.386 e. The fourth-order valence-electron chi connectivity index (χ4n) is 8.54. The summed E-state index contributed by atoms with van der Waals surface area (Å²) in [4.78, 5) is 13.1. The predicted octanol–water partition coefficient (Wildman–Crippen LogP) is 5.56. The van der Waals surface area contributed by atoms with E-state index in [4.69, 9.17) is 0 Å². The number of hydrogen-bond acceptors (Lipinski definition) is 2. The number of aliphatic hydroxyl groups is 1.